The van der Waals surface area contributed by atoms with E-state index in [1.165, 1.54) is 31.2 Å². The summed E-state index contributed by atoms with van der Waals surface area (Å²) >= 11 is 0. The molecule has 0 heterocycles. The number of aliphatic carboxylic acids is 1. The molecule has 0 amide bonds. The number of carboxylic acid groups (broad SMARTS) is 1. The van der Waals surface area contributed by atoms with Crippen LogP contribution in [0.4, 0.5) is 0 Å². The highest BCUT2D eigenvalue weighted by Crippen LogP contribution is 2.85. The molecule has 5 saturated carbocycles. The minimum atomic E-state index is -1.04. The van der Waals surface area contributed by atoms with Gasteiger partial charge in [0, 0.05) is 0 Å². The third kappa shape index (κ3) is 1.72. The molecule has 27 heavy (non-hydrogen) atoms. The van der Waals surface area contributed by atoms with Crippen LogP contribution in [0.2, 0.25) is 0 Å². The molecule has 1 aromatic carbocycles. The Morgan fingerprint density at radius 3 is 2.37 bits per heavy atom. The number of fused-ring (bicyclic) bond motifs is 1. The summed E-state index contributed by atoms with van der Waals surface area (Å²) in [4.78, 5) is 11.3. The lowest BCUT2D eigenvalue weighted by atomic mass is 9.36. The van der Waals surface area contributed by atoms with Gasteiger partial charge in [-0.25, -0.2) is 0 Å². The smallest absolute Gasteiger partial charge is 0.306 e. The van der Waals surface area contributed by atoms with Crippen LogP contribution in [0.5, 0.6) is 0 Å². The van der Waals surface area contributed by atoms with Crippen LogP contribution in [0.25, 0.3) is 6.08 Å². The Bertz CT molecular complexity index is 852. The molecular formula is C23H27NO3. The van der Waals surface area contributed by atoms with Crippen LogP contribution >= 0.6 is 0 Å². The highest BCUT2D eigenvalue weighted by molar-refractivity contribution is 5.72. The van der Waals surface area contributed by atoms with Crippen LogP contribution in [0.1, 0.15) is 61.1 Å². The first-order chi connectivity index (χ1) is 13.0. The largest absolute Gasteiger partial charge is 0.481 e. The molecule has 0 aliphatic heterocycles. The zero-order valence-corrected chi connectivity index (χ0v) is 15.5. The highest BCUT2D eigenvalue weighted by Gasteiger charge is 2.77. The molecule has 0 saturated heterocycles. The zero-order valence-electron chi connectivity index (χ0n) is 15.5. The van der Waals surface area contributed by atoms with Crippen molar-refractivity contribution in [1.82, 2.24) is 0 Å². The van der Waals surface area contributed by atoms with Gasteiger partial charge in [-0.1, -0.05) is 18.2 Å². The predicted molar refractivity (Wildman–Crippen MR) is 102 cm³/mol. The minimum Gasteiger partial charge on any atom is -0.481 e. The van der Waals surface area contributed by atoms with Gasteiger partial charge in [-0.2, -0.15) is 0 Å². The second kappa shape index (κ2) is 4.96. The van der Waals surface area contributed by atoms with E-state index < -0.39 is 17.5 Å². The molecule has 0 aromatic heterocycles. The summed E-state index contributed by atoms with van der Waals surface area (Å²) in [6.45, 7) is 0. The number of aliphatic hydroxyl groups is 1. The van der Waals surface area contributed by atoms with Crippen molar-refractivity contribution in [1.29, 1.82) is 0 Å². The van der Waals surface area contributed by atoms with Gasteiger partial charge in [0.15, 0.2) is 0 Å². The van der Waals surface area contributed by atoms with Crippen LogP contribution in [0, 0.1) is 35.0 Å². The molecule has 0 radical (unpaired) electrons. The number of benzene rings is 1. The maximum absolute atomic E-state index is 11.3. The summed E-state index contributed by atoms with van der Waals surface area (Å²) < 4.78 is 0. The van der Waals surface area contributed by atoms with Crippen molar-refractivity contribution < 1.29 is 15.0 Å². The predicted octanol–water partition coefficient (Wildman–Crippen LogP) is 3.45. The van der Waals surface area contributed by atoms with Crippen molar-refractivity contribution in [3.8, 4) is 0 Å². The van der Waals surface area contributed by atoms with Gasteiger partial charge in [0.2, 0.25) is 0 Å². The number of rotatable bonds is 4. The van der Waals surface area contributed by atoms with Gasteiger partial charge in [0.25, 0.3) is 0 Å². The number of carbonyl (C=O) groups is 1. The van der Waals surface area contributed by atoms with Gasteiger partial charge >= 0.3 is 5.97 Å². The third-order valence-electron chi connectivity index (χ3n) is 9.20. The Hall–Kier alpha value is -1.81. The molecule has 2 bridgehead atoms. The Balaban J connectivity index is 1.44. The van der Waals surface area contributed by atoms with Gasteiger partial charge in [0.05, 0.1) is 11.5 Å². The van der Waals surface area contributed by atoms with Gasteiger partial charge in [-0.15, -0.1) is 0 Å². The molecule has 142 valence electrons. The van der Waals surface area contributed by atoms with E-state index in [1.54, 1.807) is 6.20 Å². The molecule has 6 rings (SSSR count). The lowest BCUT2D eigenvalue weighted by Crippen LogP contribution is -2.61. The first kappa shape index (κ1) is 16.2. The maximum Gasteiger partial charge on any atom is 0.306 e. The average molecular weight is 365 g/mol. The monoisotopic (exact) mass is 365 g/mol. The topological polar surface area (TPSA) is 83.5 Å². The fourth-order valence-electron chi connectivity index (χ4n) is 8.36. The van der Waals surface area contributed by atoms with Crippen LogP contribution in [-0.4, -0.2) is 16.2 Å². The molecule has 5 aliphatic carbocycles. The maximum atomic E-state index is 11.3. The standard InChI is InChI=1S/C23H27NO3/c24-5-4-17-18(2-1-3-19(17)22(27)10-13(11-22)21(25)26)20-12-6-14-8-16-9-15(7-12)23(14,16)20/h1-5,12-16,20,27H,6-11,24H2,(H,25,26)/b5-4-. The number of hydrogen-bond acceptors (Lipinski definition) is 3. The Kier molecular flexibility index (Phi) is 2.97. The number of nitrogens with two attached hydrogens (primary N) is 1. The fourth-order valence-corrected chi connectivity index (χ4v) is 8.36. The van der Waals surface area contributed by atoms with Gasteiger partial charge < -0.3 is 15.9 Å². The summed E-state index contributed by atoms with van der Waals surface area (Å²) in [5, 5.41) is 20.4. The SMILES string of the molecule is N/C=C\c1c(C2C3CC4CC5CC(C3)C452)cccc1C1(O)CC(C(=O)O)C1. The normalized spacial score (nSPS) is 48.6. The van der Waals surface area contributed by atoms with Crippen molar-refractivity contribution >= 4 is 12.0 Å². The molecule has 5 aliphatic rings. The van der Waals surface area contributed by atoms with Gasteiger partial charge in [-0.05, 0) is 102 Å². The Morgan fingerprint density at radius 2 is 1.78 bits per heavy atom. The van der Waals surface area contributed by atoms with Crippen LogP contribution in [0.3, 0.4) is 0 Å². The second-order valence-electron chi connectivity index (χ2n) is 9.91. The number of carboxylic acids is 1. The zero-order chi connectivity index (χ0) is 18.6. The summed E-state index contributed by atoms with van der Waals surface area (Å²) in [6.07, 6.45) is 9.72. The summed E-state index contributed by atoms with van der Waals surface area (Å²) in [5.74, 6) is 2.85. The highest BCUT2D eigenvalue weighted by atomic mass is 16.4. The van der Waals surface area contributed by atoms with Crippen LogP contribution in [0.15, 0.2) is 24.4 Å². The van der Waals surface area contributed by atoms with Crippen LogP contribution < -0.4 is 5.73 Å². The summed E-state index contributed by atoms with van der Waals surface area (Å²) in [5.41, 5.74) is 8.62. The number of hydrogen-bond donors (Lipinski definition) is 3. The fraction of sp³-hybridized carbons (Fsp3) is 0.609. The van der Waals surface area contributed by atoms with Crippen molar-refractivity contribution in [2.45, 2.75) is 50.0 Å². The van der Waals surface area contributed by atoms with Crippen molar-refractivity contribution in [2.24, 2.45) is 40.7 Å². The van der Waals surface area contributed by atoms with E-state index in [-0.39, 0.29) is 0 Å². The third-order valence-corrected chi connectivity index (χ3v) is 9.20. The summed E-state index contributed by atoms with van der Waals surface area (Å²) in [6, 6.07) is 6.29. The Labute approximate surface area is 159 Å². The Morgan fingerprint density at radius 1 is 1.11 bits per heavy atom. The molecule has 4 nitrogen and oxygen atoms in total. The van der Waals surface area contributed by atoms with E-state index in [2.05, 4.69) is 12.1 Å². The van der Waals surface area contributed by atoms with Crippen molar-refractivity contribution in [2.75, 3.05) is 0 Å². The lowest BCUT2D eigenvalue weighted by molar-refractivity contribution is -0.182. The van der Waals surface area contributed by atoms with E-state index in [4.69, 9.17) is 5.73 Å². The molecule has 4 N–H and O–H groups in total. The van der Waals surface area contributed by atoms with Crippen molar-refractivity contribution in [3.05, 3.63) is 41.1 Å². The van der Waals surface area contributed by atoms with E-state index in [0.717, 1.165) is 34.8 Å². The van der Waals surface area contributed by atoms with Crippen molar-refractivity contribution in [3.63, 3.8) is 0 Å². The van der Waals surface area contributed by atoms with E-state index in [1.807, 2.05) is 12.1 Å². The first-order valence-electron chi connectivity index (χ1n) is 10.5. The average Bonchev–Trinajstić information content (AvgIpc) is 3.04. The summed E-state index contributed by atoms with van der Waals surface area (Å²) in [7, 11) is 0. The molecule has 1 spiro atoms. The second-order valence-corrected chi connectivity index (χ2v) is 9.91. The van der Waals surface area contributed by atoms with Gasteiger partial charge in [-0.3, -0.25) is 4.79 Å². The molecule has 5 fully saturated rings. The molecule has 3 unspecified atom stereocenters. The van der Waals surface area contributed by atoms with E-state index in [9.17, 15) is 15.0 Å². The van der Waals surface area contributed by atoms with E-state index in [0.29, 0.717) is 24.2 Å². The molecular weight excluding hydrogens is 338 g/mol. The minimum absolute atomic E-state index is 0.296. The van der Waals surface area contributed by atoms with E-state index >= 15 is 0 Å². The first-order valence-corrected chi connectivity index (χ1v) is 10.5. The van der Waals surface area contributed by atoms with Crippen LogP contribution in [-0.2, 0) is 10.4 Å². The molecule has 4 heteroatoms. The quantitative estimate of drug-likeness (QED) is 0.763. The van der Waals surface area contributed by atoms with Gasteiger partial charge in [0.1, 0.15) is 0 Å². The molecule has 3 atom stereocenters. The molecule has 1 aromatic rings. The lowest BCUT2D eigenvalue weighted by Gasteiger charge is -2.68.